The van der Waals surface area contributed by atoms with Gasteiger partial charge >= 0.3 is 0 Å². The van der Waals surface area contributed by atoms with Gasteiger partial charge in [0.25, 0.3) is 0 Å². The highest BCUT2D eigenvalue weighted by Gasteiger charge is 2.29. The van der Waals surface area contributed by atoms with E-state index >= 15 is 0 Å². The van der Waals surface area contributed by atoms with Crippen LogP contribution >= 0.6 is 0 Å². The Labute approximate surface area is 358 Å². The maximum absolute atomic E-state index is 12.0. The molecule has 0 radical (unpaired) electrons. The van der Waals surface area contributed by atoms with Crippen molar-refractivity contribution >= 4 is 8.32 Å². The quantitative estimate of drug-likeness (QED) is 0.0480. The minimum absolute atomic E-state index is 1.20. The van der Waals surface area contributed by atoms with Gasteiger partial charge in [-0.2, -0.15) is 0 Å². The Hall–Kier alpha value is 0.177. The molecule has 0 aromatic rings. The highest BCUT2D eigenvalue weighted by molar-refractivity contribution is 6.72. The standard InChI is InChI=1S/C54H112OSi/c1-4-7-10-13-16-19-22-25-28-31-34-37-40-43-46-49-52-56(55,53-50-47-44-41-38-35-32-29-26-23-20-17-14-11-8-5-2)54-51-48-45-42-39-36-33-30-27-24-21-18-15-12-9-6-3/h55H,4-54H2,1-3H3. The molecule has 0 aromatic carbocycles. The van der Waals surface area contributed by atoms with Gasteiger partial charge in [-0.25, -0.2) is 0 Å². The summed E-state index contributed by atoms with van der Waals surface area (Å²) >= 11 is 0. The van der Waals surface area contributed by atoms with Gasteiger partial charge in [0.05, 0.1) is 0 Å². The smallest absolute Gasteiger partial charge is 0.188 e. The van der Waals surface area contributed by atoms with Crippen LogP contribution in [0.15, 0.2) is 0 Å². The van der Waals surface area contributed by atoms with Gasteiger partial charge in [0.2, 0.25) is 0 Å². The minimum Gasteiger partial charge on any atom is -0.432 e. The van der Waals surface area contributed by atoms with Gasteiger partial charge in [-0.15, -0.1) is 0 Å². The van der Waals surface area contributed by atoms with Crippen LogP contribution in [-0.4, -0.2) is 13.1 Å². The fourth-order valence-electron chi connectivity index (χ4n) is 9.38. The lowest BCUT2D eigenvalue weighted by molar-refractivity contribution is 0.490. The minimum atomic E-state index is -2.07. The molecule has 0 fully saturated rings. The first-order valence-electron chi connectivity index (χ1n) is 27.4. The fraction of sp³-hybridized carbons (Fsp3) is 1.00. The predicted octanol–water partition coefficient (Wildman–Crippen LogP) is 20.7. The van der Waals surface area contributed by atoms with E-state index in [1.165, 1.54) is 326 Å². The zero-order valence-corrected chi connectivity index (χ0v) is 41.0. The maximum atomic E-state index is 12.0. The van der Waals surface area contributed by atoms with Crippen LogP contribution in [0.3, 0.4) is 0 Å². The van der Waals surface area contributed by atoms with Crippen molar-refractivity contribution in [1.82, 2.24) is 0 Å². The SMILES string of the molecule is CCCCCCCCCCCCCCCCCC[Si](O)(CCCCCCCCCCCCCCCCCC)CCCCCCCCCCCCCCCCCC. The Morgan fingerprint density at radius 3 is 0.411 bits per heavy atom. The first kappa shape index (κ1) is 56.2. The van der Waals surface area contributed by atoms with E-state index in [9.17, 15) is 4.80 Å². The second-order valence-corrected chi connectivity index (χ2v) is 23.3. The van der Waals surface area contributed by atoms with Crippen LogP contribution in [0, 0.1) is 0 Å². The number of hydrogen-bond acceptors (Lipinski definition) is 1. The van der Waals surface area contributed by atoms with Crippen molar-refractivity contribution in [2.75, 3.05) is 0 Å². The molecule has 0 spiro atoms. The summed E-state index contributed by atoms with van der Waals surface area (Å²) in [5.41, 5.74) is 0. The number of rotatable bonds is 51. The molecule has 56 heavy (non-hydrogen) atoms. The van der Waals surface area contributed by atoms with E-state index in [-0.39, 0.29) is 0 Å². The molecule has 0 heterocycles. The summed E-state index contributed by atoms with van der Waals surface area (Å²) in [7, 11) is -2.07. The van der Waals surface area contributed by atoms with Crippen LogP contribution in [0.2, 0.25) is 18.1 Å². The van der Waals surface area contributed by atoms with Crippen LogP contribution < -0.4 is 0 Å². The van der Waals surface area contributed by atoms with Crippen molar-refractivity contribution in [1.29, 1.82) is 0 Å². The molecule has 338 valence electrons. The van der Waals surface area contributed by atoms with Gasteiger partial charge in [-0.1, -0.05) is 329 Å². The molecule has 1 nitrogen and oxygen atoms in total. The predicted molar refractivity (Wildman–Crippen MR) is 261 cm³/mol. The van der Waals surface area contributed by atoms with Crippen LogP contribution in [0.4, 0.5) is 0 Å². The molecule has 0 amide bonds. The summed E-state index contributed by atoms with van der Waals surface area (Å²) in [5, 5.41) is 0. The molecule has 0 aliphatic heterocycles. The lowest BCUT2D eigenvalue weighted by Crippen LogP contribution is -2.34. The zero-order chi connectivity index (χ0) is 40.6. The third-order valence-corrected chi connectivity index (χ3v) is 17.3. The van der Waals surface area contributed by atoms with Gasteiger partial charge in [0.15, 0.2) is 8.32 Å². The Balaban J connectivity index is 4.08. The Kier molecular flexibility index (Phi) is 49.7. The van der Waals surface area contributed by atoms with E-state index in [2.05, 4.69) is 20.8 Å². The molecule has 1 N–H and O–H groups in total. The molecule has 0 saturated carbocycles. The lowest BCUT2D eigenvalue weighted by Gasteiger charge is -2.25. The summed E-state index contributed by atoms with van der Waals surface area (Å²) in [6.07, 6.45) is 68.7. The van der Waals surface area contributed by atoms with Gasteiger partial charge in [-0.05, 0) is 18.1 Å². The van der Waals surface area contributed by atoms with Crippen molar-refractivity contribution in [2.45, 2.75) is 347 Å². The average Bonchev–Trinajstić information content (AvgIpc) is 3.20. The largest absolute Gasteiger partial charge is 0.432 e. The normalized spacial score (nSPS) is 12.0. The van der Waals surface area contributed by atoms with E-state index in [1.54, 1.807) is 0 Å². The molecule has 0 saturated heterocycles. The molecule has 0 bridgehead atoms. The molecule has 0 atom stereocenters. The highest BCUT2D eigenvalue weighted by atomic mass is 28.4. The first-order chi connectivity index (χ1) is 27.7. The van der Waals surface area contributed by atoms with Crippen LogP contribution in [-0.2, 0) is 0 Å². The van der Waals surface area contributed by atoms with Gasteiger partial charge < -0.3 is 4.80 Å². The monoisotopic (exact) mass is 805 g/mol. The Bertz CT molecular complexity index is 589. The lowest BCUT2D eigenvalue weighted by atomic mass is 10.0. The van der Waals surface area contributed by atoms with Crippen molar-refractivity contribution in [3.63, 3.8) is 0 Å². The van der Waals surface area contributed by atoms with E-state index < -0.39 is 8.32 Å². The van der Waals surface area contributed by atoms with Gasteiger partial charge in [-0.3, -0.25) is 0 Å². The second kappa shape index (κ2) is 49.5. The van der Waals surface area contributed by atoms with Gasteiger partial charge in [0.1, 0.15) is 0 Å². The highest BCUT2D eigenvalue weighted by Crippen LogP contribution is 2.28. The molecule has 0 aliphatic rings. The number of hydrogen-bond donors (Lipinski definition) is 1. The molecule has 0 aliphatic carbocycles. The van der Waals surface area contributed by atoms with Crippen LogP contribution in [0.25, 0.3) is 0 Å². The summed E-state index contributed by atoms with van der Waals surface area (Å²) in [5.74, 6) is 0. The van der Waals surface area contributed by atoms with E-state index in [0.29, 0.717) is 0 Å². The van der Waals surface area contributed by atoms with Gasteiger partial charge in [0, 0.05) is 0 Å². The summed E-state index contributed by atoms with van der Waals surface area (Å²) < 4.78 is 0. The van der Waals surface area contributed by atoms with Crippen molar-refractivity contribution in [3.05, 3.63) is 0 Å². The van der Waals surface area contributed by atoms with E-state index in [4.69, 9.17) is 0 Å². The Morgan fingerprint density at radius 2 is 0.286 bits per heavy atom. The number of unbranched alkanes of at least 4 members (excludes halogenated alkanes) is 45. The van der Waals surface area contributed by atoms with Crippen molar-refractivity contribution < 1.29 is 4.80 Å². The van der Waals surface area contributed by atoms with E-state index in [0.717, 1.165) is 0 Å². The molecule has 0 rings (SSSR count). The molecule has 0 aromatic heterocycles. The summed E-state index contributed by atoms with van der Waals surface area (Å²) in [6.45, 7) is 6.94. The maximum Gasteiger partial charge on any atom is 0.188 e. The summed E-state index contributed by atoms with van der Waals surface area (Å²) in [6, 6.07) is 3.59. The Morgan fingerprint density at radius 1 is 0.179 bits per heavy atom. The second-order valence-electron chi connectivity index (χ2n) is 19.4. The average molecular weight is 806 g/mol. The van der Waals surface area contributed by atoms with Crippen molar-refractivity contribution in [2.24, 2.45) is 0 Å². The molecular weight excluding hydrogens is 693 g/mol. The first-order valence-corrected chi connectivity index (χ1v) is 30.0. The summed E-state index contributed by atoms with van der Waals surface area (Å²) in [4.78, 5) is 12.0. The third-order valence-electron chi connectivity index (χ3n) is 13.5. The molecule has 2 heteroatoms. The molecule has 0 unspecified atom stereocenters. The van der Waals surface area contributed by atoms with Crippen LogP contribution in [0.1, 0.15) is 329 Å². The topological polar surface area (TPSA) is 20.2 Å². The van der Waals surface area contributed by atoms with E-state index in [1.807, 2.05) is 0 Å². The van der Waals surface area contributed by atoms with Crippen molar-refractivity contribution in [3.8, 4) is 0 Å². The fourth-order valence-corrected chi connectivity index (χ4v) is 12.9. The zero-order valence-electron chi connectivity index (χ0n) is 40.0. The third kappa shape index (κ3) is 46.9. The van der Waals surface area contributed by atoms with Crippen LogP contribution in [0.5, 0.6) is 0 Å². The molecular formula is C54H112OSi.